The second-order valence-corrected chi connectivity index (χ2v) is 5.48. The Morgan fingerprint density at radius 3 is 2.74 bits per heavy atom. The van der Waals surface area contributed by atoms with Crippen LogP contribution in [0.2, 0.25) is 0 Å². The molecule has 2 aromatic heterocycles. The highest BCUT2D eigenvalue weighted by Gasteiger charge is 2.06. The van der Waals surface area contributed by atoms with E-state index in [9.17, 15) is 4.39 Å². The van der Waals surface area contributed by atoms with Crippen molar-refractivity contribution in [1.82, 2.24) is 20.1 Å². The van der Waals surface area contributed by atoms with Crippen LogP contribution in [0, 0.1) is 5.82 Å². The predicted octanol–water partition coefficient (Wildman–Crippen LogP) is 3.30. The zero-order valence-electron chi connectivity index (χ0n) is 13.0. The van der Waals surface area contributed by atoms with Crippen LogP contribution < -0.4 is 5.32 Å². The first-order valence-electron chi connectivity index (χ1n) is 7.65. The Balaban J connectivity index is 1.52. The predicted molar refractivity (Wildman–Crippen MR) is 87.9 cm³/mol. The maximum absolute atomic E-state index is 13.2. The average molecular weight is 310 g/mol. The summed E-state index contributed by atoms with van der Waals surface area (Å²) in [5, 5.41) is 7.60. The van der Waals surface area contributed by atoms with E-state index in [2.05, 4.69) is 39.7 Å². The van der Waals surface area contributed by atoms with E-state index in [4.69, 9.17) is 0 Å². The minimum absolute atomic E-state index is 0.0709. The van der Waals surface area contributed by atoms with Gasteiger partial charge in [-0.3, -0.25) is 4.98 Å². The zero-order valence-corrected chi connectivity index (χ0v) is 13.0. The SMILES string of the molecule is C[C@@H](NCCc1ccc(-n2cccn2)cc1)c1cncc(F)c1. The number of hydrogen-bond donors (Lipinski definition) is 1. The van der Waals surface area contributed by atoms with Crippen molar-refractivity contribution in [2.24, 2.45) is 0 Å². The molecule has 0 unspecified atom stereocenters. The molecule has 2 heterocycles. The van der Waals surface area contributed by atoms with Gasteiger partial charge < -0.3 is 5.32 Å². The average Bonchev–Trinajstić information content (AvgIpc) is 3.10. The highest BCUT2D eigenvalue weighted by Crippen LogP contribution is 2.13. The summed E-state index contributed by atoms with van der Waals surface area (Å²) in [6, 6.07) is 11.8. The molecule has 0 bridgehead atoms. The second kappa shape index (κ2) is 7.15. The molecule has 0 spiro atoms. The third-order valence-corrected chi connectivity index (χ3v) is 3.80. The number of pyridine rings is 1. The molecule has 3 aromatic rings. The van der Waals surface area contributed by atoms with E-state index in [-0.39, 0.29) is 11.9 Å². The van der Waals surface area contributed by atoms with Crippen LogP contribution in [-0.2, 0) is 6.42 Å². The Hall–Kier alpha value is -2.53. The van der Waals surface area contributed by atoms with Gasteiger partial charge in [-0.15, -0.1) is 0 Å². The molecule has 0 aliphatic heterocycles. The van der Waals surface area contributed by atoms with Gasteiger partial charge in [0.2, 0.25) is 0 Å². The van der Waals surface area contributed by atoms with Crippen LogP contribution in [0.1, 0.15) is 24.1 Å². The lowest BCUT2D eigenvalue weighted by atomic mass is 10.1. The molecule has 0 saturated heterocycles. The third kappa shape index (κ3) is 4.02. The van der Waals surface area contributed by atoms with Gasteiger partial charge in [-0.25, -0.2) is 9.07 Å². The smallest absolute Gasteiger partial charge is 0.141 e. The number of hydrogen-bond acceptors (Lipinski definition) is 3. The van der Waals surface area contributed by atoms with Crippen LogP contribution in [0.4, 0.5) is 4.39 Å². The Bertz CT molecular complexity index is 738. The van der Waals surface area contributed by atoms with Crippen molar-refractivity contribution in [3.8, 4) is 5.69 Å². The minimum Gasteiger partial charge on any atom is -0.310 e. The number of nitrogens with one attached hydrogen (secondary N) is 1. The standard InChI is InChI=1S/C18H19FN4/c1-14(16-11-17(19)13-20-12-16)21-9-7-15-3-5-18(6-4-15)23-10-2-8-22-23/h2-6,8,10-14,21H,7,9H2,1H3/t14-/m1/s1. The largest absolute Gasteiger partial charge is 0.310 e. The molecule has 23 heavy (non-hydrogen) atoms. The fourth-order valence-electron chi connectivity index (χ4n) is 2.45. The zero-order chi connectivity index (χ0) is 16.1. The Morgan fingerprint density at radius 1 is 1.22 bits per heavy atom. The van der Waals surface area contributed by atoms with Gasteiger partial charge in [-0.1, -0.05) is 12.1 Å². The van der Waals surface area contributed by atoms with E-state index in [1.807, 2.05) is 23.9 Å². The molecule has 0 fully saturated rings. The van der Waals surface area contributed by atoms with Gasteiger partial charge in [0, 0.05) is 24.6 Å². The van der Waals surface area contributed by atoms with Crippen molar-refractivity contribution in [3.63, 3.8) is 0 Å². The number of nitrogens with zero attached hydrogens (tertiary/aromatic N) is 3. The molecular weight excluding hydrogens is 291 g/mol. The molecule has 1 aromatic carbocycles. The summed E-state index contributed by atoms with van der Waals surface area (Å²) >= 11 is 0. The molecule has 0 radical (unpaired) electrons. The van der Waals surface area contributed by atoms with Crippen molar-refractivity contribution >= 4 is 0 Å². The van der Waals surface area contributed by atoms with Crippen LogP contribution in [0.25, 0.3) is 5.69 Å². The molecule has 0 aliphatic carbocycles. The molecule has 0 aliphatic rings. The van der Waals surface area contributed by atoms with Crippen molar-refractivity contribution in [2.75, 3.05) is 6.54 Å². The molecule has 1 atom stereocenters. The lowest BCUT2D eigenvalue weighted by Crippen LogP contribution is -2.21. The highest BCUT2D eigenvalue weighted by molar-refractivity contribution is 5.33. The Morgan fingerprint density at radius 2 is 2.04 bits per heavy atom. The van der Waals surface area contributed by atoms with Crippen molar-refractivity contribution in [2.45, 2.75) is 19.4 Å². The Labute approximate surface area is 135 Å². The first-order chi connectivity index (χ1) is 11.2. The fraction of sp³-hybridized carbons (Fsp3) is 0.222. The number of rotatable bonds is 6. The van der Waals surface area contributed by atoms with E-state index in [0.29, 0.717) is 0 Å². The van der Waals surface area contributed by atoms with E-state index in [0.717, 1.165) is 24.2 Å². The van der Waals surface area contributed by atoms with Gasteiger partial charge in [-0.05, 0) is 55.3 Å². The van der Waals surface area contributed by atoms with E-state index >= 15 is 0 Å². The monoisotopic (exact) mass is 310 g/mol. The van der Waals surface area contributed by atoms with Gasteiger partial charge >= 0.3 is 0 Å². The highest BCUT2D eigenvalue weighted by atomic mass is 19.1. The number of halogens is 1. The molecule has 1 N–H and O–H groups in total. The van der Waals surface area contributed by atoms with Gasteiger partial charge in [0.25, 0.3) is 0 Å². The lowest BCUT2D eigenvalue weighted by Gasteiger charge is -2.14. The van der Waals surface area contributed by atoms with Gasteiger partial charge in [0.05, 0.1) is 11.9 Å². The first-order valence-corrected chi connectivity index (χ1v) is 7.65. The summed E-state index contributed by atoms with van der Waals surface area (Å²) in [5.74, 6) is -0.301. The summed E-state index contributed by atoms with van der Waals surface area (Å²) in [7, 11) is 0. The van der Waals surface area contributed by atoms with Crippen LogP contribution >= 0.6 is 0 Å². The normalized spacial score (nSPS) is 12.3. The maximum atomic E-state index is 13.2. The topological polar surface area (TPSA) is 42.7 Å². The van der Waals surface area contributed by atoms with E-state index in [1.54, 1.807) is 12.4 Å². The van der Waals surface area contributed by atoms with Gasteiger partial charge in [0.15, 0.2) is 0 Å². The minimum atomic E-state index is -0.301. The Kier molecular flexibility index (Phi) is 4.78. The summed E-state index contributed by atoms with van der Waals surface area (Å²) in [6.45, 7) is 2.83. The molecule has 5 heteroatoms. The summed E-state index contributed by atoms with van der Waals surface area (Å²) in [5.41, 5.74) is 3.16. The first kappa shape index (κ1) is 15.4. The second-order valence-electron chi connectivity index (χ2n) is 5.48. The third-order valence-electron chi connectivity index (χ3n) is 3.80. The molecular formula is C18H19FN4. The molecule has 3 rings (SSSR count). The lowest BCUT2D eigenvalue weighted by molar-refractivity contribution is 0.563. The molecule has 4 nitrogen and oxygen atoms in total. The van der Waals surface area contributed by atoms with Crippen LogP contribution in [0.5, 0.6) is 0 Å². The van der Waals surface area contributed by atoms with Gasteiger partial charge in [-0.2, -0.15) is 5.10 Å². The summed E-state index contributed by atoms with van der Waals surface area (Å²) in [4.78, 5) is 3.88. The molecule has 0 amide bonds. The van der Waals surface area contributed by atoms with E-state index in [1.165, 1.54) is 17.8 Å². The van der Waals surface area contributed by atoms with Crippen LogP contribution in [0.15, 0.2) is 61.2 Å². The summed E-state index contributed by atoms with van der Waals surface area (Å²) in [6.07, 6.45) is 7.51. The maximum Gasteiger partial charge on any atom is 0.141 e. The van der Waals surface area contributed by atoms with E-state index < -0.39 is 0 Å². The number of benzene rings is 1. The quantitative estimate of drug-likeness (QED) is 0.759. The number of aromatic nitrogens is 3. The fourth-order valence-corrected chi connectivity index (χ4v) is 2.45. The molecule has 0 saturated carbocycles. The van der Waals surface area contributed by atoms with Crippen LogP contribution in [0.3, 0.4) is 0 Å². The van der Waals surface area contributed by atoms with Gasteiger partial charge in [0.1, 0.15) is 5.82 Å². The van der Waals surface area contributed by atoms with Crippen LogP contribution in [-0.4, -0.2) is 21.3 Å². The van der Waals surface area contributed by atoms with Crippen molar-refractivity contribution in [1.29, 1.82) is 0 Å². The summed E-state index contributed by atoms with van der Waals surface area (Å²) < 4.78 is 15.0. The van der Waals surface area contributed by atoms with Crippen molar-refractivity contribution < 1.29 is 4.39 Å². The molecule has 118 valence electrons. The van der Waals surface area contributed by atoms with Crippen molar-refractivity contribution in [3.05, 3.63) is 78.1 Å².